The van der Waals surface area contributed by atoms with Crippen molar-refractivity contribution in [2.24, 2.45) is 0 Å². The average molecular weight is 998 g/mol. The predicted molar refractivity (Wildman–Crippen MR) is 251 cm³/mol. The van der Waals surface area contributed by atoms with E-state index in [4.69, 9.17) is 28.0 Å². The summed E-state index contributed by atoms with van der Waals surface area (Å²) in [6, 6.07) is 14.9. The fourth-order valence-corrected chi connectivity index (χ4v) is 6.62. The monoisotopic (exact) mass is 997 g/mol. The van der Waals surface area contributed by atoms with Gasteiger partial charge in [0.05, 0.1) is 51.5 Å². The highest BCUT2D eigenvalue weighted by atomic mass is 19.4. The molecule has 12 heterocycles. The summed E-state index contributed by atoms with van der Waals surface area (Å²) >= 11 is 0. The molecule has 9 N–H and O–H groups in total. The number of hydrogen-bond donors (Lipinski definition) is 9. The Morgan fingerprint density at radius 3 is 1.21 bits per heavy atom. The highest BCUT2D eigenvalue weighted by Gasteiger charge is 2.34. The number of imidazole rings is 4. The van der Waals surface area contributed by atoms with Gasteiger partial charge < -0.3 is 64.0 Å². The van der Waals surface area contributed by atoms with Gasteiger partial charge in [-0.2, -0.15) is 18.4 Å². The van der Waals surface area contributed by atoms with Crippen LogP contribution in [-0.4, -0.2) is 84.9 Å². The summed E-state index contributed by atoms with van der Waals surface area (Å²) in [7, 11) is 0. The van der Waals surface area contributed by atoms with Gasteiger partial charge in [0.2, 0.25) is 11.5 Å². The summed E-state index contributed by atoms with van der Waals surface area (Å²) in [5.41, 5.74) is 5.21. The fourth-order valence-electron chi connectivity index (χ4n) is 6.62. The second-order valence-corrected chi connectivity index (χ2v) is 14.9. The molecular formula is C44H38F3N21O5. The Hall–Kier alpha value is -10.2. The molecule has 0 fully saturated rings. The number of rotatable bonds is 13. The third-order valence-corrected chi connectivity index (χ3v) is 9.99. The Kier molecular flexibility index (Phi) is 14.4. The minimum Gasteiger partial charge on any atom is -0.465 e. The van der Waals surface area contributed by atoms with Gasteiger partial charge in [-0.05, 0) is 55.5 Å². The van der Waals surface area contributed by atoms with Crippen LogP contribution in [-0.2, 0) is 39.0 Å². The number of hydrogen-bond acceptors (Lipinski definition) is 22. The molecule has 0 aliphatic rings. The standard InChI is InChI=1S/C11H8F3N5O.C11H8N6O.C11H11N5O2.C11H11N5O/c12-11(13,14)7-2-1-6(20-7)3-15-9-8-10(17-4-16-8)19-5-18-9;12-3-7-1-2-8(18-7)4-13-10-9-11(15-5-14-9)17-6-16-10;17-4-8-2-1-7(18-8)3-12-10-9-11(14-5-13-9)16-6-15-10;1-7-2-3-8(17-7)4-12-10-9-11(14-5-13-9)16-6-15-10/h1-2,4-5H,3H2,(H2,15,16,17,18,19);1-2,5-6H,4H2,(H2,13,14,15,16,17);1-2,5-6,17H,3-4H2,(H2,12,13,14,15,16);2-3,5-6H,4H2,1H3,(H2,12,13,14,15,16). The molecule has 0 radical (unpaired) electrons. The van der Waals surface area contributed by atoms with Crippen molar-refractivity contribution < 1.29 is 35.9 Å². The molecule has 12 aromatic heterocycles. The lowest BCUT2D eigenvalue weighted by molar-refractivity contribution is -0.153. The van der Waals surface area contributed by atoms with Gasteiger partial charge in [-0.3, -0.25) is 0 Å². The molecule has 26 nitrogen and oxygen atoms in total. The number of alkyl halides is 3. The Morgan fingerprint density at radius 2 is 0.849 bits per heavy atom. The van der Waals surface area contributed by atoms with Crippen LogP contribution in [0.3, 0.4) is 0 Å². The number of aliphatic hydroxyl groups excluding tert-OH is 1. The molecule has 370 valence electrons. The van der Waals surface area contributed by atoms with Crippen LogP contribution in [0.4, 0.5) is 36.4 Å². The number of aliphatic hydroxyl groups is 1. The van der Waals surface area contributed by atoms with Crippen molar-refractivity contribution in [3.63, 3.8) is 0 Å². The highest BCUT2D eigenvalue weighted by molar-refractivity contribution is 5.84. The zero-order chi connectivity index (χ0) is 50.6. The lowest BCUT2D eigenvalue weighted by atomic mass is 10.4. The van der Waals surface area contributed by atoms with Crippen molar-refractivity contribution in [2.45, 2.75) is 45.9 Å². The third kappa shape index (κ3) is 12.0. The number of fused-ring (bicyclic) bond motifs is 4. The van der Waals surface area contributed by atoms with Crippen molar-refractivity contribution in [1.82, 2.24) is 79.7 Å². The molecule has 0 bridgehead atoms. The van der Waals surface area contributed by atoms with E-state index in [1.807, 2.05) is 31.2 Å². The first-order valence-electron chi connectivity index (χ1n) is 21.5. The summed E-state index contributed by atoms with van der Waals surface area (Å²) in [5, 5.41) is 29.8. The molecule has 0 aliphatic carbocycles. The van der Waals surface area contributed by atoms with Crippen LogP contribution in [0.25, 0.3) is 44.7 Å². The average Bonchev–Trinajstić information content (AvgIpc) is 4.25. The number of aryl methyl sites for hydroxylation is 1. The maximum absolute atomic E-state index is 12.4. The van der Waals surface area contributed by atoms with Crippen LogP contribution in [0, 0.1) is 18.3 Å². The Morgan fingerprint density at radius 1 is 0.479 bits per heavy atom. The maximum Gasteiger partial charge on any atom is 0.449 e. The van der Waals surface area contributed by atoms with Crippen LogP contribution in [0.2, 0.25) is 0 Å². The molecular weight excluding hydrogens is 960 g/mol. The number of nitriles is 1. The van der Waals surface area contributed by atoms with E-state index in [0.717, 1.165) is 45.7 Å². The van der Waals surface area contributed by atoms with E-state index in [2.05, 4.69) is 101 Å². The van der Waals surface area contributed by atoms with Crippen molar-refractivity contribution in [3.8, 4) is 6.07 Å². The summed E-state index contributed by atoms with van der Waals surface area (Å²) in [4.78, 5) is 60.3. The van der Waals surface area contributed by atoms with E-state index >= 15 is 0 Å². The summed E-state index contributed by atoms with van der Waals surface area (Å²) in [6.07, 6.45) is 7.39. The van der Waals surface area contributed by atoms with E-state index in [1.54, 1.807) is 37.2 Å². The number of nitrogens with one attached hydrogen (secondary N) is 8. The maximum atomic E-state index is 12.4. The number of furan rings is 4. The van der Waals surface area contributed by atoms with Gasteiger partial charge in [-0.15, -0.1) is 0 Å². The van der Waals surface area contributed by atoms with Gasteiger partial charge >= 0.3 is 6.18 Å². The van der Waals surface area contributed by atoms with Crippen LogP contribution >= 0.6 is 0 Å². The summed E-state index contributed by atoms with van der Waals surface area (Å²) in [5.74, 6) is 5.61. The number of aromatic amines is 4. The Labute approximate surface area is 406 Å². The first-order valence-corrected chi connectivity index (χ1v) is 21.5. The van der Waals surface area contributed by atoms with Crippen molar-refractivity contribution in [1.29, 1.82) is 5.26 Å². The molecule has 0 aromatic carbocycles. The second-order valence-electron chi connectivity index (χ2n) is 14.9. The van der Waals surface area contributed by atoms with E-state index in [0.29, 0.717) is 82.5 Å². The minimum absolute atomic E-state index is 0.0706. The summed E-state index contributed by atoms with van der Waals surface area (Å²) < 4.78 is 57.9. The smallest absolute Gasteiger partial charge is 0.449 e. The molecule has 0 aliphatic heterocycles. The summed E-state index contributed by atoms with van der Waals surface area (Å²) in [6.45, 7) is 3.39. The van der Waals surface area contributed by atoms with E-state index in [9.17, 15) is 13.2 Å². The first-order chi connectivity index (χ1) is 35.6. The first kappa shape index (κ1) is 47.8. The SMILES string of the molecule is Cc1ccc(CNc2ncnc3nc[nH]c23)o1.FC(F)(F)c1ccc(CNc2ncnc3nc[nH]c23)o1.N#Cc1ccc(CNc2ncnc3nc[nH]c23)o1.OCc1ccc(CNc2ncnc3nc[nH]c23)o1. The molecule has 0 saturated heterocycles. The van der Waals surface area contributed by atoms with E-state index in [-0.39, 0.29) is 18.9 Å². The molecule has 0 spiro atoms. The molecule has 0 amide bonds. The van der Waals surface area contributed by atoms with Gasteiger partial charge in [0.25, 0.3) is 0 Å². The molecule has 12 rings (SSSR count). The molecule has 29 heteroatoms. The van der Waals surface area contributed by atoms with Gasteiger partial charge in [0.1, 0.15) is 94.6 Å². The number of halogens is 3. The van der Waals surface area contributed by atoms with Gasteiger partial charge in [-0.25, -0.2) is 59.8 Å². The molecule has 0 saturated carbocycles. The zero-order valence-corrected chi connectivity index (χ0v) is 37.8. The minimum atomic E-state index is -4.48. The van der Waals surface area contributed by atoms with E-state index in [1.165, 1.54) is 37.7 Å². The molecule has 12 aromatic rings. The van der Waals surface area contributed by atoms with Crippen LogP contribution in [0.1, 0.15) is 46.1 Å². The van der Waals surface area contributed by atoms with Gasteiger partial charge in [-0.1, -0.05) is 0 Å². The highest BCUT2D eigenvalue weighted by Crippen LogP contribution is 2.31. The van der Waals surface area contributed by atoms with Gasteiger partial charge in [0.15, 0.2) is 45.9 Å². The van der Waals surface area contributed by atoms with Crippen molar-refractivity contribution in [2.75, 3.05) is 21.3 Å². The fraction of sp³-hybridized carbons (Fsp3) is 0.159. The topological polar surface area (TPSA) is 363 Å². The Bertz CT molecular complexity index is 3730. The largest absolute Gasteiger partial charge is 0.465 e. The van der Waals surface area contributed by atoms with Crippen molar-refractivity contribution in [3.05, 3.63) is 145 Å². The normalized spacial score (nSPS) is 11.1. The number of H-pyrrole nitrogens is 4. The second kappa shape index (κ2) is 22.0. The quantitative estimate of drug-likeness (QED) is 0.0565. The molecule has 73 heavy (non-hydrogen) atoms. The lowest BCUT2D eigenvalue weighted by Crippen LogP contribution is -2.03. The van der Waals surface area contributed by atoms with Crippen molar-refractivity contribution >= 4 is 67.9 Å². The lowest BCUT2D eigenvalue weighted by Gasteiger charge is -2.04. The molecule has 0 atom stereocenters. The molecule has 0 unspecified atom stereocenters. The zero-order valence-electron chi connectivity index (χ0n) is 37.8. The number of aromatic nitrogens is 16. The van der Waals surface area contributed by atoms with Gasteiger partial charge in [0, 0.05) is 0 Å². The number of nitrogens with zero attached hydrogens (tertiary/aromatic N) is 13. The van der Waals surface area contributed by atoms with Crippen LogP contribution in [0.5, 0.6) is 0 Å². The van der Waals surface area contributed by atoms with Crippen LogP contribution in [0.15, 0.2) is 117 Å². The Balaban J connectivity index is 0.000000120. The third-order valence-electron chi connectivity index (χ3n) is 9.99. The number of anilines is 4. The predicted octanol–water partition coefficient (Wildman–Crippen LogP) is 6.92. The van der Waals surface area contributed by atoms with E-state index < -0.39 is 11.9 Å². The van der Waals surface area contributed by atoms with Crippen LogP contribution < -0.4 is 21.3 Å².